The lowest BCUT2D eigenvalue weighted by Crippen LogP contribution is -2.12. The number of hydrogen-bond donors (Lipinski definition) is 2. The van der Waals surface area contributed by atoms with Crippen molar-refractivity contribution < 1.29 is 8.42 Å². The highest BCUT2D eigenvalue weighted by Gasteiger charge is 2.17. The molecule has 0 radical (unpaired) electrons. The topological polar surface area (TPSA) is 87.7 Å². The summed E-state index contributed by atoms with van der Waals surface area (Å²) in [7, 11) is -3.56. The Labute approximate surface area is 96.8 Å². The predicted molar refractivity (Wildman–Crippen MR) is 61.0 cm³/mol. The van der Waals surface area contributed by atoms with Crippen LogP contribution in [0.1, 0.15) is 10.7 Å². The zero-order valence-corrected chi connectivity index (χ0v) is 10.3. The van der Waals surface area contributed by atoms with Gasteiger partial charge in [0.15, 0.2) is 0 Å². The fourth-order valence-corrected chi connectivity index (χ4v) is 3.34. The molecule has 0 unspecified atom stereocenters. The van der Waals surface area contributed by atoms with E-state index in [1.54, 1.807) is 19.1 Å². The average molecular weight is 258 g/mol. The summed E-state index contributed by atoms with van der Waals surface area (Å²) in [4.78, 5) is 4.81. The van der Waals surface area contributed by atoms with Crippen molar-refractivity contribution in [2.45, 2.75) is 18.1 Å². The summed E-state index contributed by atoms with van der Waals surface area (Å²) in [6, 6.07) is 3.31. The molecule has 0 spiro atoms. The van der Waals surface area contributed by atoms with Gasteiger partial charge < -0.3 is 0 Å². The number of aryl methyl sites for hydroxylation is 2. The third-order valence-electron chi connectivity index (χ3n) is 1.80. The number of H-pyrrole nitrogens is 1. The Bertz CT molecular complexity index is 599. The number of nitrogens with zero attached hydrogens (tertiary/aromatic N) is 2. The van der Waals surface area contributed by atoms with Crippen molar-refractivity contribution in [3.05, 3.63) is 22.8 Å². The summed E-state index contributed by atoms with van der Waals surface area (Å²) in [5, 5.41) is 6.27. The second-order valence-electron chi connectivity index (χ2n) is 3.22. The van der Waals surface area contributed by atoms with E-state index in [-0.39, 0.29) is 10.2 Å². The molecule has 0 saturated heterocycles. The van der Waals surface area contributed by atoms with Crippen molar-refractivity contribution in [1.29, 1.82) is 0 Å². The molecule has 0 atom stereocenters. The average Bonchev–Trinajstić information content (AvgIpc) is 2.75. The minimum atomic E-state index is -3.56. The van der Waals surface area contributed by atoms with E-state index < -0.39 is 10.0 Å². The highest BCUT2D eigenvalue weighted by molar-refractivity contribution is 7.94. The van der Waals surface area contributed by atoms with Crippen LogP contribution in [0.4, 0.5) is 5.95 Å². The molecule has 0 fully saturated rings. The normalized spacial score (nSPS) is 11.6. The second kappa shape index (κ2) is 3.87. The molecule has 2 heterocycles. The minimum absolute atomic E-state index is 0.0588. The molecule has 8 heteroatoms. The molecule has 86 valence electrons. The molecule has 0 amide bonds. The smallest absolute Gasteiger partial charge is 0.261 e. The second-order valence-corrected chi connectivity index (χ2v) is 6.41. The summed E-state index contributed by atoms with van der Waals surface area (Å²) in [5.74, 6) is 0.614. The van der Waals surface area contributed by atoms with Gasteiger partial charge in [-0.25, -0.2) is 13.1 Å². The van der Waals surface area contributed by atoms with Crippen LogP contribution < -0.4 is 4.72 Å². The molecular weight excluding hydrogens is 248 g/mol. The van der Waals surface area contributed by atoms with E-state index in [4.69, 9.17) is 0 Å². The molecule has 16 heavy (non-hydrogen) atoms. The molecule has 2 rings (SSSR count). The van der Waals surface area contributed by atoms with Crippen LogP contribution in [-0.2, 0) is 10.0 Å². The first-order valence-corrected chi connectivity index (χ1v) is 6.75. The highest BCUT2D eigenvalue weighted by atomic mass is 32.2. The van der Waals surface area contributed by atoms with Gasteiger partial charge in [-0.05, 0) is 26.0 Å². The molecule has 2 aromatic heterocycles. The zero-order valence-electron chi connectivity index (χ0n) is 8.68. The molecule has 6 nitrogen and oxygen atoms in total. The van der Waals surface area contributed by atoms with E-state index in [1.165, 1.54) is 11.3 Å². The number of hydrogen-bond acceptors (Lipinski definition) is 5. The molecule has 0 aromatic carbocycles. The Kier molecular flexibility index (Phi) is 2.68. The van der Waals surface area contributed by atoms with Crippen LogP contribution >= 0.6 is 11.3 Å². The third kappa shape index (κ3) is 2.22. The first kappa shape index (κ1) is 11.1. The monoisotopic (exact) mass is 258 g/mol. The zero-order chi connectivity index (χ0) is 11.8. The first-order chi connectivity index (χ1) is 7.47. The maximum Gasteiger partial charge on any atom is 0.273 e. The number of thiophene rings is 1. The van der Waals surface area contributed by atoms with Crippen molar-refractivity contribution in [2.75, 3.05) is 4.72 Å². The first-order valence-electron chi connectivity index (χ1n) is 4.45. The van der Waals surface area contributed by atoms with Crippen LogP contribution in [0.25, 0.3) is 0 Å². The Morgan fingerprint density at radius 2 is 2.12 bits per heavy atom. The lowest BCUT2D eigenvalue weighted by atomic mass is 10.5. The summed E-state index contributed by atoms with van der Waals surface area (Å²) in [6.45, 7) is 3.54. The van der Waals surface area contributed by atoms with Gasteiger partial charge in [-0.1, -0.05) is 0 Å². The van der Waals surface area contributed by atoms with Gasteiger partial charge in [0.25, 0.3) is 16.0 Å². The summed E-state index contributed by atoms with van der Waals surface area (Å²) in [5.41, 5.74) is 0. The number of anilines is 1. The molecule has 2 N–H and O–H groups in total. The van der Waals surface area contributed by atoms with Crippen LogP contribution in [0.2, 0.25) is 0 Å². The van der Waals surface area contributed by atoms with Crippen LogP contribution in [0.5, 0.6) is 0 Å². The molecule has 2 aromatic rings. The van der Waals surface area contributed by atoms with Gasteiger partial charge in [0, 0.05) is 4.88 Å². The minimum Gasteiger partial charge on any atom is -0.261 e. The van der Waals surface area contributed by atoms with Gasteiger partial charge in [-0.3, -0.25) is 5.10 Å². The number of sulfonamides is 1. The number of aromatic nitrogens is 3. The lowest BCUT2D eigenvalue weighted by molar-refractivity contribution is 0.603. The largest absolute Gasteiger partial charge is 0.273 e. The molecule has 0 aliphatic heterocycles. The van der Waals surface area contributed by atoms with E-state index in [0.29, 0.717) is 5.82 Å². The van der Waals surface area contributed by atoms with Crippen LogP contribution in [0.3, 0.4) is 0 Å². The van der Waals surface area contributed by atoms with Crippen molar-refractivity contribution in [3.8, 4) is 0 Å². The molecule has 0 saturated carbocycles. The van der Waals surface area contributed by atoms with Crippen molar-refractivity contribution in [3.63, 3.8) is 0 Å². The van der Waals surface area contributed by atoms with Crippen molar-refractivity contribution >= 4 is 27.3 Å². The van der Waals surface area contributed by atoms with E-state index in [0.717, 1.165) is 4.88 Å². The fourth-order valence-electron chi connectivity index (χ4n) is 1.12. The van der Waals surface area contributed by atoms with Crippen molar-refractivity contribution in [1.82, 2.24) is 15.2 Å². The highest BCUT2D eigenvalue weighted by Crippen LogP contribution is 2.22. The quantitative estimate of drug-likeness (QED) is 0.868. The van der Waals surface area contributed by atoms with E-state index in [2.05, 4.69) is 19.9 Å². The van der Waals surface area contributed by atoms with E-state index in [1.807, 2.05) is 6.92 Å². The molecule has 0 bridgehead atoms. The summed E-state index contributed by atoms with van der Waals surface area (Å²) in [6.07, 6.45) is 0. The van der Waals surface area contributed by atoms with Crippen molar-refractivity contribution in [2.24, 2.45) is 0 Å². The lowest BCUT2D eigenvalue weighted by Gasteiger charge is -2.00. The standard InChI is InChI=1S/C8H10N4O2S2/c1-5-3-4-7(15-5)16(13,14)12-8-9-6(2)10-11-8/h3-4H,1-2H3,(H2,9,10,11,12). The molecule has 0 aliphatic carbocycles. The Balaban J connectivity index is 2.27. The van der Waals surface area contributed by atoms with Crippen LogP contribution in [0.15, 0.2) is 16.3 Å². The Morgan fingerprint density at radius 1 is 1.38 bits per heavy atom. The molecule has 0 aliphatic rings. The third-order valence-corrected chi connectivity index (χ3v) is 4.62. The predicted octanol–water partition coefficient (Wildman–Crippen LogP) is 1.28. The summed E-state index contributed by atoms with van der Waals surface area (Å²) >= 11 is 1.20. The summed E-state index contributed by atoms with van der Waals surface area (Å²) < 4.78 is 26.2. The van der Waals surface area contributed by atoms with Gasteiger partial charge in [0.05, 0.1) is 0 Å². The van der Waals surface area contributed by atoms with Gasteiger partial charge in [0.1, 0.15) is 10.0 Å². The van der Waals surface area contributed by atoms with Crippen LogP contribution in [-0.4, -0.2) is 23.6 Å². The van der Waals surface area contributed by atoms with Gasteiger partial charge in [-0.15, -0.1) is 16.4 Å². The fraction of sp³-hybridized carbons (Fsp3) is 0.250. The molecular formula is C8H10N4O2S2. The van der Waals surface area contributed by atoms with E-state index >= 15 is 0 Å². The Hall–Kier alpha value is -1.41. The van der Waals surface area contributed by atoms with E-state index in [9.17, 15) is 8.42 Å². The van der Waals surface area contributed by atoms with Crippen LogP contribution in [0, 0.1) is 13.8 Å². The maximum atomic E-state index is 11.8. The van der Waals surface area contributed by atoms with Gasteiger partial charge in [-0.2, -0.15) is 4.98 Å². The number of rotatable bonds is 3. The number of aromatic amines is 1. The van der Waals surface area contributed by atoms with Gasteiger partial charge >= 0.3 is 0 Å². The number of nitrogens with one attached hydrogen (secondary N) is 2. The maximum absolute atomic E-state index is 11.8. The Morgan fingerprint density at radius 3 is 2.62 bits per heavy atom. The van der Waals surface area contributed by atoms with Gasteiger partial charge in [0.2, 0.25) is 0 Å². The SMILES string of the molecule is Cc1nc(NS(=O)(=O)c2ccc(C)s2)n[nH]1.